The Bertz CT molecular complexity index is 1050. The molecule has 1 amide bonds. The molecule has 0 saturated heterocycles. The number of nitrogens with one attached hydrogen (secondary N) is 1. The SMILES string of the molecule is Cc1nc(S[C@H](C)C(=O)Nc2sccc2C#N)c2c3c(sc2n1)CCC3. The standard InChI is InChI=1S/C18H16N4OS3/c1-9(15(23)22-16-11(8-19)6-7-24-16)25-17-14-12-4-3-5-13(12)26-18(14)21-10(2)20-17/h6-7,9H,3-5H2,1-2H3,(H,22,23)/t9-/m1/s1. The Morgan fingerprint density at radius 3 is 3.08 bits per heavy atom. The maximum absolute atomic E-state index is 12.6. The normalized spacial score (nSPS) is 14.2. The third-order valence-electron chi connectivity index (χ3n) is 4.32. The Morgan fingerprint density at radius 1 is 1.42 bits per heavy atom. The molecule has 3 aromatic rings. The molecular weight excluding hydrogens is 384 g/mol. The number of hydrogen-bond acceptors (Lipinski definition) is 7. The van der Waals surface area contributed by atoms with Gasteiger partial charge in [0.2, 0.25) is 5.91 Å². The quantitative estimate of drug-likeness (QED) is 0.514. The predicted molar refractivity (Wildman–Crippen MR) is 107 cm³/mol. The van der Waals surface area contributed by atoms with Crippen LogP contribution in [-0.2, 0) is 17.6 Å². The molecular formula is C18H16N4OS3. The summed E-state index contributed by atoms with van der Waals surface area (Å²) in [4.78, 5) is 24.3. The minimum absolute atomic E-state index is 0.120. The summed E-state index contributed by atoms with van der Waals surface area (Å²) in [6.45, 7) is 3.76. The monoisotopic (exact) mass is 400 g/mol. The van der Waals surface area contributed by atoms with Crippen molar-refractivity contribution in [1.82, 2.24) is 9.97 Å². The molecule has 1 aliphatic carbocycles. The van der Waals surface area contributed by atoms with E-state index < -0.39 is 0 Å². The third kappa shape index (κ3) is 3.11. The summed E-state index contributed by atoms with van der Waals surface area (Å²) in [5.41, 5.74) is 1.86. The molecule has 3 heterocycles. The van der Waals surface area contributed by atoms with Gasteiger partial charge in [0.05, 0.1) is 10.8 Å². The largest absolute Gasteiger partial charge is 0.316 e. The van der Waals surface area contributed by atoms with Crippen molar-refractivity contribution >= 4 is 55.6 Å². The summed E-state index contributed by atoms with van der Waals surface area (Å²) < 4.78 is 0. The van der Waals surface area contributed by atoms with E-state index in [-0.39, 0.29) is 11.2 Å². The van der Waals surface area contributed by atoms with Gasteiger partial charge < -0.3 is 5.32 Å². The second-order valence-corrected chi connectivity index (χ2v) is 9.47. The van der Waals surface area contributed by atoms with Crippen molar-refractivity contribution in [2.75, 3.05) is 5.32 Å². The van der Waals surface area contributed by atoms with Crippen molar-refractivity contribution in [3.63, 3.8) is 0 Å². The van der Waals surface area contributed by atoms with Crippen LogP contribution >= 0.6 is 34.4 Å². The number of thiophene rings is 2. The lowest BCUT2D eigenvalue weighted by Gasteiger charge is -2.12. The van der Waals surface area contributed by atoms with E-state index in [4.69, 9.17) is 5.26 Å². The van der Waals surface area contributed by atoms with Gasteiger partial charge in [-0.15, -0.1) is 22.7 Å². The summed E-state index contributed by atoms with van der Waals surface area (Å²) in [5, 5.41) is 16.1. The Morgan fingerprint density at radius 2 is 2.27 bits per heavy atom. The molecule has 3 aromatic heterocycles. The first kappa shape index (κ1) is 17.5. The molecule has 0 bridgehead atoms. The van der Waals surface area contributed by atoms with E-state index in [1.807, 2.05) is 13.8 Å². The predicted octanol–water partition coefficient (Wildman–Crippen LogP) is 4.54. The molecule has 0 fully saturated rings. The van der Waals surface area contributed by atoms with Gasteiger partial charge in [0.15, 0.2) is 0 Å². The summed E-state index contributed by atoms with van der Waals surface area (Å²) in [6.07, 6.45) is 3.36. The molecule has 0 aromatic carbocycles. The Kier molecular flexibility index (Phi) is 4.69. The van der Waals surface area contributed by atoms with Gasteiger partial charge in [-0.3, -0.25) is 4.79 Å². The fraction of sp³-hybridized carbons (Fsp3) is 0.333. The number of nitriles is 1. The molecule has 1 atom stereocenters. The number of thioether (sulfide) groups is 1. The van der Waals surface area contributed by atoms with Gasteiger partial charge in [-0.2, -0.15) is 5.26 Å². The van der Waals surface area contributed by atoms with Gasteiger partial charge in [0.1, 0.15) is 26.8 Å². The molecule has 0 aliphatic heterocycles. The fourth-order valence-electron chi connectivity index (χ4n) is 3.08. The highest BCUT2D eigenvalue weighted by Crippen LogP contribution is 2.41. The molecule has 0 radical (unpaired) electrons. The lowest BCUT2D eigenvalue weighted by atomic mass is 10.2. The molecule has 0 spiro atoms. The highest BCUT2D eigenvalue weighted by atomic mass is 32.2. The fourth-order valence-corrected chi connectivity index (χ4v) is 6.21. The van der Waals surface area contributed by atoms with Gasteiger partial charge in [0.25, 0.3) is 0 Å². The second-order valence-electron chi connectivity index (χ2n) is 6.14. The second kappa shape index (κ2) is 6.99. The smallest absolute Gasteiger partial charge is 0.238 e. The van der Waals surface area contributed by atoms with E-state index in [2.05, 4.69) is 21.4 Å². The zero-order valence-electron chi connectivity index (χ0n) is 14.3. The van der Waals surface area contributed by atoms with Crippen molar-refractivity contribution in [3.05, 3.63) is 33.3 Å². The molecule has 1 N–H and O–H groups in total. The average Bonchev–Trinajstić information content (AvgIpc) is 3.29. The van der Waals surface area contributed by atoms with Gasteiger partial charge in [-0.1, -0.05) is 11.8 Å². The first-order valence-corrected chi connectivity index (χ1v) is 10.9. The molecule has 0 unspecified atom stereocenters. The average molecular weight is 401 g/mol. The van der Waals surface area contributed by atoms with Crippen LogP contribution in [0.15, 0.2) is 16.5 Å². The molecule has 8 heteroatoms. The van der Waals surface area contributed by atoms with Gasteiger partial charge in [-0.05, 0) is 50.1 Å². The summed E-state index contributed by atoms with van der Waals surface area (Å²) in [5.74, 6) is 0.614. The number of fused-ring (bicyclic) bond motifs is 3. The van der Waals surface area contributed by atoms with Crippen molar-refractivity contribution in [2.45, 2.75) is 43.4 Å². The van der Waals surface area contributed by atoms with Crippen LogP contribution in [0.1, 0.15) is 35.2 Å². The number of hydrogen-bond donors (Lipinski definition) is 1. The number of amides is 1. The molecule has 132 valence electrons. The zero-order valence-corrected chi connectivity index (χ0v) is 16.8. The third-order valence-corrected chi connectivity index (χ3v) is 7.43. The van der Waals surface area contributed by atoms with Crippen LogP contribution in [0.4, 0.5) is 5.00 Å². The molecule has 26 heavy (non-hydrogen) atoms. The van der Waals surface area contributed by atoms with Crippen molar-refractivity contribution in [3.8, 4) is 6.07 Å². The Balaban J connectivity index is 1.60. The van der Waals surface area contributed by atoms with Crippen LogP contribution in [0, 0.1) is 18.3 Å². The van der Waals surface area contributed by atoms with Crippen LogP contribution in [-0.4, -0.2) is 21.1 Å². The maximum Gasteiger partial charge on any atom is 0.238 e. The first-order valence-electron chi connectivity index (χ1n) is 8.31. The van der Waals surface area contributed by atoms with Gasteiger partial charge in [0, 0.05) is 10.3 Å². The van der Waals surface area contributed by atoms with Crippen LogP contribution in [0.5, 0.6) is 0 Å². The molecule has 0 saturated carbocycles. The van der Waals surface area contributed by atoms with E-state index in [1.165, 1.54) is 40.0 Å². The molecule has 4 rings (SSSR count). The van der Waals surface area contributed by atoms with Crippen LogP contribution in [0.2, 0.25) is 0 Å². The van der Waals surface area contributed by atoms with E-state index in [0.717, 1.165) is 33.9 Å². The number of carbonyl (C=O) groups is 1. The maximum atomic E-state index is 12.6. The highest BCUT2D eigenvalue weighted by molar-refractivity contribution is 8.00. The van der Waals surface area contributed by atoms with Crippen molar-refractivity contribution in [1.29, 1.82) is 5.26 Å². The number of anilines is 1. The number of aryl methyl sites for hydroxylation is 3. The molecule has 5 nitrogen and oxygen atoms in total. The minimum atomic E-state index is -0.321. The molecule has 1 aliphatic rings. The number of carbonyl (C=O) groups excluding carboxylic acids is 1. The lowest BCUT2D eigenvalue weighted by molar-refractivity contribution is -0.115. The summed E-state index contributed by atoms with van der Waals surface area (Å²) in [7, 11) is 0. The summed E-state index contributed by atoms with van der Waals surface area (Å²) >= 11 is 4.59. The number of rotatable bonds is 4. The van der Waals surface area contributed by atoms with Gasteiger partial charge in [-0.25, -0.2) is 9.97 Å². The van der Waals surface area contributed by atoms with Gasteiger partial charge >= 0.3 is 0 Å². The first-order chi connectivity index (χ1) is 12.6. The Hall–Kier alpha value is -1.95. The van der Waals surface area contributed by atoms with Crippen LogP contribution in [0.25, 0.3) is 10.2 Å². The van der Waals surface area contributed by atoms with Crippen molar-refractivity contribution < 1.29 is 4.79 Å². The highest BCUT2D eigenvalue weighted by Gasteiger charge is 2.25. The zero-order chi connectivity index (χ0) is 18.3. The summed E-state index contributed by atoms with van der Waals surface area (Å²) in [6, 6.07) is 3.81. The van der Waals surface area contributed by atoms with E-state index in [1.54, 1.807) is 22.8 Å². The Labute approximate surface area is 163 Å². The number of aromatic nitrogens is 2. The topological polar surface area (TPSA) is 78.7 Å². The van der Waals surface area contributed by atoms with Crippen molar-refractivity contribution in [2.24, 2.45) is 0 Å². The minimum Gasteiger partial charge on any atom is -0.316 e. The van der Waals surface area contributed by atoms with Crippen LogP contribution < -0.4 is 5.32 Å². The lowest BCUT2D eigenvalue weighted by Crippen LogP contribution is -2.22. The van der Waals surface area contributed by atoms with E-state index in [9.17, 15) is 4.79 Å². The van der Waals surface area contributed by atoms with E-state index in [0.29, 0.717) is 10.6 Å². The van der Waals surface area contributed by atoms with Crippen LogP contribution in [0.3, 0.4) is 0 Å². The van der Waals surface area contributed by atoms with E-state index >= 15 is 0 Å². The number of nitrogens with zero attached hydrogens (tertiary/aromatic N) is 3.